The van der Waals surface area contributed by atoms with Crippen LogP contribution in [0.25, 0.3) is 10.8 Å². The molecule has 2 aromatic rings. The summed E-state index contributed by atoms with van der Waals surface area (Å²) in [6.07, 6.45) is 2.74. The van der Waals surface area contributed by atoms with Crippen LogP contribution in [0, 0.1) is 23.2 Å². The summed E-state index contributed by atoms with van der Waals surface area (Å²) in [5.41, 5.74) is 5.76. The summed E-state index contributed by atoms with van der Waals surface area (Å²) < 4.78 is 0. The van der Waals surface area contributed by atoms with Crippen molar-refractivity contribution in [3.63, 3.8) is 0 Å². The van der Waals surface area contributed by atoms with Crippen molar-refractivity contribution in [1.82, 2.24) is 9.97 Å². The molecule has 1 fully saturated rings. The molecule has 1 saturated carbocycles. The van der Waals surface area contributed by atoms with Gasteiger partial charge in [-0.15, -0.1) is 0 Å². The molecular formula is C14H12ClN5O. The number of nitrogens with one attached hydrogen (secondary N) is 1. The van der Waals surface area contributed by atoms with Gasteiger partial charge in [0.15, 0.2) is 0 Å². The van der Waals surface area contributed by atoms with E-state index in [-0.39, 0.29) is 17.7 Å². The highest BCUT2D eigenvalue weighted by molar-refractivity contribution is 6.30. The lowest BCUT2D eigenvalue weighted by atomic mass is 10.2. The summed E-state index contributed by atoms with van der Waals surface area (Å²) in [5, 5.41) is 13.1. The fourth-order valence-electron chi connectivity index (χ4n) is 2.34. The summed E-state index contributed by atoms with van der Waals surface area (Å²) in [6.45, 7) is 0. The Morgan fingerprint density at radius 2 is 2.38 bits per heavy atom. The van der Waals surface area contributed by atoms with Gasteiger partial charge in [-0.25, -0.2) is 9.97 Å². The molecule has 2 aromatic heterocycles. The number of nitrogen functional groups attached to an aromatic ring is 1. The van der Waals surface area contributed by atoms with Crippen molar-refractivity contribution in [1.29, 1.82) is 5.26 Å². The van der Waals surface area contributed by atoms with Crippen LogP contribution in [0.1, 0.15) is 12.8 Å². The van der Waals surface area contributed by atoms with E-state index in [0.717, 1.165) is 11.8 Å². The van der Waals surface area contributed by atoms with Gasteiger partial charge in [0, 0.05) is 23.9 Å². The Morgan fingerprint density at radius 3 is 3.14 bits per heavy atom. The van der Waals surface area contributed by atoms with Crippen LogP contribution >= 0.6 is 11.6 Å². The summed E-state index contributed by atoms with van der Waals surface area (Å²) in [7, 11) is 0. The lowest BCUT2D eigenvalue weighted by Gasteiger charge is -2.06. The molecule has 1 aliphatic carbocycles. The first kappa shape index (κ1) is 13.6. The predicted octanol–water partition coefficient (Wildman–Crippen LogP) is 2.35. The van der Waals surface area contributed by atoms with E-state index >= 15 is 0 Å². The summed E-state index contributed by atoms with van der Waals surface area (Å²) >= 11 is 5.87. The highest BCUT2D eigenvalue weighted by Gasteiger charge is 2.42. The third-order valence-electron chi connectivity index (χ3n) is 3.58. The Balaban J connectivity index is 1.79. The van der Waals surface area contributed by atoms with Crippen LogP contribution in [-0.2, 0) is 4.79 Å². The minimum Gasteiger partial charge on any atom is -0.383 e. The van der Waals surface area contributed by atoms with Crippen LogP contribution in [0.4, 0.5) is 11.6 Å². The van der Waals surface area contributed by atoms with E-state index in [1.54, 1.807) is 18.3 Å². The number of halogens is 1. The van der Waals surface area contributed by atoms with Crippen molar-refractivity contribution < 1.29 is 4.79 Å². The van der Waals surface area contributed by atoms with E-state index in [1.165, 1.54) is 0 Å². The van der Waals surface area contributed by atoms with Crippen LogP contribution in [0.5, 0.6) is 0 Å². The number of fused-ring (bicyclic) bond motifs is 1. The van der Waals surface area contributed by atoms with Crippen molar-refractivity contribution in [2.45, 2.75) is 12.8 Å². The third kappa shape index (κ3) is 2.73. The molecule has 0 bridgehead atoms. The van der Waals surface area contributed by atoms with Gasteiger partial charge in [-0.2, -0.15) is 5.26 Å². The van der Waals surface area contributed by atoms with Gasteiger partial charge in [0.2, 0.25) is 5.91 Å². The Hall–Kier alpha value is -2.39. The standard InChI is InChI=1S/C14H12ClN5O/c15-11-4-8-5-12(18-6-10(8)13(17)19-11)20-14(21)9-3-7(9)1-2-16/h4-7,9H,1,3H2,(H2,17,19)(H,18,20,21)/t7-,9-/m1/s1. The Morgan fingerprint density at radius 1 is 1.57 bits per heavy atom. The van der Waals surface area contributed by atoms with Crippen molar-refractivity contribution in [2.75, 3.05) is 11.1 Å². The second kappa shape index (κ2) is 5.19. The number of amides is 1. The second-order valence-corrected chi connectivity index (χ2v) is 5.46. The van der Waals surface area contributed by atoms with Gasteiger partial charge in [0.1, 0.15) is 16.8 Å². The van der Waals surface area contributed by atoms with Crippen molar-refractivity contribution in [3.8, 4) is 6.07 Å². The van der Waals surface area contributed by atoms with E-state index in [0.29, 0.717) is 28.6 Å². The molecule has 0 saturated heterocycles. The number of nitriles is 1. The van der Waals surface area contributed by atoms with Crippen LogP contribution in [-0.4, -0.2) is 15.9 Å². The quantitative estimate of drug-likeness (QED) is 0.847. The first-order valence-corrected chi connectivity index (χ1v) is 6.86. The first-order chi connectivity index (χ1) is 10.1. The van der Waals surface area contributed by atoms with Crippen molar-refractivity contribution in [2.24, 2.45) is 11.8 Å². The van der Waals surface area contributed by atoms with Crippen molar-refractivity contribution >= 4 is 39.9 Å². The third-order valence-corrected chi connectivity index (χ3v) is 3.77. The molecule has 3 rings (SSSR count). The highest BCUT2D eigenvalue weighted by Crippen LogP contribution is 2.41. The fraction of sp³-hybridized carbons (Fsp3) is 0.286. The molecule has 106 valence electrons. The zero-order valence-electron chi connectivity index (χ0n) is 11.0. The molecule has 0 aliphatic heterocycles. The van der Waals surface area contributed by atoms with E-state index in [1.807, 2.05) is 0 Å². The number of hydrogen-bond acceptors (Lipinski definition) is 5. The number of hydrogen-bond donors (Lipinski definition) is 2. The molecule has 0 unspecified atom stereocenters. The average molecular weight is 302 g/mol. The summed E-state index contributed by atoms with van der Waals surface area (Å²) in [5.74, 6) is 0.726. The maximum Gasteiger partial charge on any atom is 0.228 e. The van der Waals surface area contributed by atoms with E-state index in [2.05, 4.69) is 21.4 Å². The molecule has 0 spiro atoms. The number of pyridine rings is 2. The monoisotopic (exact) mass is 301 g/mol. The number of carbonyl (C=O) groups is 1. The predicted molar refractivity (Wildman–Crippen MR) is 79.4 cm³/mol. The number of carbonyl (C=O) groups excluding carboxylic acids is 1. The number of nitrogens with zero attached hydrogens (tertiary/aromatic N) is 3. The minimum atomic E-state index is -0.102. The largest absolute Gasteiger partial charge is 0.383 e. The van der Waals surface area contributed by atoms with E-state index < -0.39 is 0 Å². The van der Waals surface area contributed by atoms with E-state index in [9.17, 15) is 4.79 Å². The van der Waals surface area contributed by atoms with Crippen LogP contribution in [0.2, 0.25) is 5.15 Å². The van der Waals surface area contributed by atoms with Crippen molar-refractivity contribution in [3.05, 3.63) is 23.5 Å². The topological polar surface area (TPSA) is 105 Å². The molecule has 2 atom stereocenters. The molecule has 21 heavy (non-hydrogen) atoms. The molecule has 0 aromatic carbocycles. The number of rotatable bonds is 3. The van der Waals surface area contributed by atoms with Crippen LogP contribution < -0.4 is 11.1 Å². The van der Waals surface area contributed by atoms with E-state index in [4.69, 9.17) is 22.6 Å². The van der Waals surface area contributed by atoms with Gasteiger partial charge in [0.05, 0.1) is 6.07 Å². The Bertz CT molecular complexity index is 770. The smallest absolute Gasteiger partial charge is 0.228 e. The van der Waals surface area contributed by atoms with Gasteiger partial charge < -0.3 is 11.1 Å². The Labute approximate surface area is 125 Å². The fourth-order valence-corrected chi connectivity index (χ4v) is 2.55. The van der Waals surface area contributed by atoms with Gasteiger partial charge in [-0.3, -0.25) is 4.79 Å². The number of anilines is 2. The zero-order chi connectivity index (χ0) is 15.0. The molecule has 7 heteroatoms. The maximum atomic E-state index is 12.0. The number of aromatic nitrogens is 2. The van der Waals surface area contributed by atoms with Gasteiger partial charge in [0.25, 0.3) is 0 Å². The Kier molecular flexibility index (Phi) is 3.35. The lowest BCUT2D eigenvalue weighted by molar-refractivity contribution is -0.117. The minimum absolute atomic E-state index is 0.0896. The second-order valence-electron chi connectivity index (χ2n) is 5.07. The van der Waals surface area contributed by atoms with Crippen LogP contribution in [0.15, 0.2) is 18.3 Å². The average Bonchev–Trinajstić information content (AvgIpc) is 3.18. The highest BCUT2D eigenvalue weighted by atomic mass is 35.5. The molecule has 2 heterocycles. The molecule has 6 nitrogen and oxygen atoms in total. The molecular weight excluding hydrogens is 290 g/mol. The summed E-state index contributed by atoms with van der Waals surface area (Å²) in [6, 6.07) is 5.46. The SMILES string of the molecule is N#CC[C@@H]1C[C@H]1C(=O)Nc1cc2cc(Cl)nc(N)c2cn1. The zero-order valence-corrected chi connectivity index (χ0v) is 11.8. The molecule has 1 amide bonds. The summed E-state index contributed by atoms with van der Waals surface area (Å²) in [4.78, 5) is 20.1. The van der Waals surface area contributed by atoms with Gasteiger partial charge in [-0.05, 0) is 29.9 Å². The molecule has 3 N–H and O–H groups in total. The van der Waals surface area contributed by atoms with Gasteiger partial charge >= 0.3 is 0 Å². The van der Waals surface area contributed by atoms with Crippen LogP contribution in [0.3, 0.4) is 0 Å². The molecule has 1 aliphatic rings. The lowest BCUT2D eigenvalue weighted by Crippen LogP contribution is -2.15. The normalized spacial score (nSPS) is 20.0. The first-order valence-electron chi connectivity index (χ1n) is 6.48. The van der Waals surface area contributed by atoms with Gasteiger partial charge in [-0.1, -0.05) is 11.6 Å². The molecule has 0 radical (unpaired) electrons. The maximum absolute atomic E-state index is 12.0. The number of nitrogens with two attached hydrogens (primary N) is 1.